The zero-order chi connectivity index (χ0) is 18.0. The summed E-state index contributed by atoms with van der Waals surface area (Å²) in [7, 11) is 2.13. The summed E-state index contributed by atoms with van der Waals surface area (Å²) >= 11 is 0. The number of hydrogen-bond acceptors (Lipinski definition) is 6. The Labute approximate surface area is 152 Å². The topological polar surface area (TPSA) is 76.4 Å². The predicted octanol–water partition coefficient (Wildman–Crippen LogP) is 0.586. The second-order valence-corrected chi connectivity index (χ2v) is 7.20. The number of amides is 1. The average Bonchev–Trinajstić information content (AvgIpc) is 3.17. The van der Waals surface area contributed by atoms with E-state index in [0.29, 0.717) is 13.1 Å². The number of benzene rings is 1. The van der Waals surface area contributed by atoms with Crippen molar-refractivity contribution in [3.8, 4) is 0 Å². The molecule has 8 nitrogen and oxygen atoms in total. The number of piperidine rings is 1. The fraction of sp³-hybridized carbons (Fsp3) is 0.556. The van der Waals surface area contributed by atoms with E-state index in [1.807, 2.05) is 35.2 Å². The largest absolute Gasteiger partial charge is 0.372 e. The van der Waals surface area contributed by atoms with E-state index >= 15 is 0 Å². The molecule has 0 bridgehead atoms. The van der Waals surface area contributed by atoms with Crippen LogP contribution < -0.4 is 0 Å². The summed E-state index contributed by atoms with van der Waals surface area (Å²) in [5.74, 6) is 0.0301. The third-order valence-corrected chi connectivity index (χ3v) is 5.40. The minimum Gasteiger partial charge on any atom is -0.372 e. The summed E-state index contributed by atoms with van der Waals surface area (Å²) in [6.45, 7) is 4.06. The molecule has 2 aromatic rings. The van der Waals surface area contributed by atoms with Crippen LogP contribution in [0.4, 0.5) is 0 Å². The van der Waals surface area contributed by atoms with E-state index < -0.39 is 6.04 Å². The number of tetrazole rings is 1. The molecule has 0 radical (unpaired) electrons. The maximum absolute atomic E-state index is 13.3. The van der Waals surface area contributed by atoms with Gasteiger partial charge in [0.1, 0.15) is 6.33 Å². The van der Waals surface area contributed by atoms with Gasteiger partial charge in [0.05, 0.1) is 12.2 Å². The molecule has 26 heavy (non-hydrogen) atoms. The number of carbonyl (C=O) groups is 1. The summed E-state index contributed by atoms with van der Waals surface area (Å²) in [5, 5.41) is 11.4. The van der Waals surface area contributed by atoms with Gasteiger partial charge in [0.15, 0.2) is 6.04 Å². The fourth-order valence-electron chi connectivity index (χ4n) is 3.98. The molecule has 1 aromatic heterocycles. The highest BCUT2D eigenvalue weighted by atomic mass is 16.5. The monoisotopic (exact) mass is 356 g/mol. The van der Waals surface area contributed by atoms with E-state index in [9.17, 15) is 4.79 Å². The average molecular weight is 356 g/mol. The molecule has 0 N–H and O–H groups in total. The van der Waals surface area contributed by atoms with Gasteiger partial charge in [-0.2, -0.15) is 0 Å². The molecule has 2 saturated heterocycles. The van der Waals surface area contributed by atoms with Crippen molar-refractivity contribution in [3.63, 3.8) is 0 Å². The number of morpholine rings is 1. The van der Waals surface area contributed by atoms with Crippen LogP contribution in [-0.2, 0) is 9.53 Å². The van der Waals surface area contributed by atoms with Crippen molar-refractivity contribution in [2.45, 2.75) is 24.5 Å². The molecule has 2 aliphatic rings. The first-order valence-corrected chi connectivity index (χ1v) is 9.06. The van der Waals surface area contributed by atoms with Crippen LogP contribution in [0, 0.1) is 0 Å². The first-order chi connectivity index (χ1) is 12.7. The van der Waals surface area contributed by atoms with E-state index in [4.69, 9.17) is 4.74 Å². The number of carbonyl (C=O) groups excluding carboxylic acids is 1. The van der Waals surface area contributed by atoms with Gasteiger partial charge in [-0.1, -0.05) is 30.3 Å². The van der Waals surface area contributed by atoms with Gasteiger partial charge < -0.3 is 14.5 Å². The van der Waals surface area contributed by atoms with Crippen LogP contribution in [0.25, 0.3) is 0 Å². The molecule has 138 valence electrons. The molecule has 0 aliphatic carbocycles. The molecule has 0 saturated carbocycles. The second kappa shape index (κ2) is 7.13. The van der Waals surface area contributed by atoms with Crippen LogP contribution in [0.1, 0.15) is 24.4 Å². The van der Waals surface area contributed by atoms with Gasteiger partial charge in [0.2, 0.25) is 0 Å². The molecule has 8 heteroatoms. The van der Waals surface area contributed by atoms with Gasteiger partial charge in [-0.25, -0.2) is 4.68 Å². The molecule has 1 amide bonds. The van der Waals surface area contributed by atoms with E-state index in [1.54, 1.807) is 0 Å². The number of nitrogens with zero attached hydrogens (tertiary/aromatic N) is 6. The van der Waals surface area contributed by atoms with Crippen LogP contribution in [0.3, 0.4) is 0 Å². The predicted molar refractivity (Wildman–Crippen MR) is 94.4 cm³/mol. The van der Waals surface area contributed by atoms with Gasteiger partial charge in [0, 0.05) is 26.2 Å². The molecule has 3 heterocycles. The van der Waals surface area contributed by atoms with Crippen molar-refractivity contribution in [2.75, 3.05) is 39.8 Å². The van der Waals surface area contributed by atoms with Crippen LogP contribution >= 0.6 is 0 Å². The minimum atomic E-state index is -0.532. The van der Waals surface area contributed by atoms with Crippen LogP contribution in [-0.4, -0.2) is 81.3 Å². The molecule has 1 unspecified atom stereocenters. The number of ether oxygens (including phenoxy) is 1. The lowest BCUT2D eigenvalue weighted by atomic mass is 9.89. The first-order valence-electron chi connectivity index (χ1n) is 9.06. The Morgan fingerprint density at radius 2 is 1.96 bits per heavy atom. The maximum Gasteiger partial charge on any atom is 0.252 e. The molecule has 1 aromatic carbocycles. The number of aromatic nitrogens is 4. The highest BCUT2D eigenvalue weighted by molar-refractivity contribution is 5.83. The molecule has 4 rings (SSSR count). The van der Waals surface area contributed by atoms with Gasteiger partial charge in [0.25, 0.3) is 5.91 Å². The van der Waals surface area contributed by atoms with E-state index in [2.05, 4.69) is 27.5 Å². The van der Waals surface area contributed by atoms with E-state index in [0.717, 1.165) is 38.1 Å². The lowest BCUT2D eigenvalue weighted by Crippen LogP contribution is -2.57. The van der Waals surface area contributed by atoms with Crippen molar-refractivity contribution >= 4 is 5.91 Å². The van der Waals surface area contributed by atoms with E-state index in [1.165, 1.54) is 11.0 Å². The fourth-order valence-corrected chi connectivity index (χ4v) is 3.98. The zero-order valence-corrected chi connectivity index (χ0v) is 15.0. The van der Waals surface area contributed by atoms with E-state index in [-0.39, 0.29) is 11.5 Å². The molecular weight excluding hydrogens is 332 g/mol. The summed E-state index contributed by atoms with van der Waals surface area (Å²) in [5.41, 5.74) is 0.777. The van der Waals surface area contributed by atoms with Crippen LogP contribution in [0.15, 0.2) is 36.7 Å². The SMILES string of the molecule is CN1CCOC2(CCN(C(=O)C(c3ccccc3)n3cnnn3)CC2)C1. The minimum absolute atomic E-state index is 0.0301. The lowest BCUT2D eigenvalue weighted by molar-refractivity contribution is -0.150. The quantitative estimate of drug-likeness (QED) is 0.801. The van der Waals surface area contributed by atoms with Crippen molar-refractivity contribution in [1.29, 1.82) is 0 Å². The Hall–Kier alpha value is -2.32. The molecular formula is C18H24N6O2. The summed E-state index contributed by atoms with van der Waals surface area (Å²) in [4.78, 5) is 17.5. The second-order valence-electron chi connectivity index (χ2n) is 7.20. The van der Waals surface area contributed by atoms with Crippen molar-refractivity contribution in [2.24, 2.45) is 0 Å². The number of hydrogen-bond donors (Lipinski definition) is 0. The number of likely N-dealkylation sites (tertiary alicyclic amines) is 1. The molecule has 1 atom stereocenters. The third kappa shape index (κ3) is 3.34. The smallest absolute Gasteiger partial charge is 0.252 e. The Bertz CT molecular complexity index is 727. The van der Waals surface area contributed by atoms with Crippen molar-refractivity contribution in [3.05, 3.63) is 42.2 Å². The maximum atomic E-state index is 13.3. The number of rotatable bonds is 3. The van der Waals surface area contributed by atoms with Gasteiger partial charge in [-0.3, -0.25) is 4.79 Å². The highest BCUT2D eigenvalue weighted by Gasteiger charge is 2.41. The Morgan fingerprint density at radius 3 is 2.62 bits per heavy atom. The summed E-state index contributed by atoms with van der Waals surface area (Å²) < 4.78 is 7.64. The Morgan fingerprint density at radius 1 is 1.19 bits per heavy atom. The highest BCUT2D eigenvalue weighted by Crippen LogP contribution is 2.31. The Kier molecular flexibility index (Phi) is 4.69. The third-order valence-electron chi connectivity index (χ3n) is 5.40. The van der Waals surface area contributed by atoms with Gasteiger partial charge in [-0.05, 0) is 35.9 Å². The normalized spacial score (nSPS) is 21.7. The molecule has 1 spiro atoms. The van der Waals surface area contributed by atoms with Crippen LogP contribution in [0.5, 0.6) is 0 Å². The molecule has 2 aliphatic heterocycles. The summed E-state index contributed by atoms with van der Waals surface area (Å²) in [6.07, 6.45) is 3.22. The van der Waals surface area contributed by atoms with Gasteiger partial charge in [-0.15, -0.1) is 5.10 Å². The first kappa shape index (κ1) is 17.1. The Balaban J connectivity index is 1.51. The number of likely N-dealkylation sites (N-methyl/N-ethyl adjacent to an activating group) is 1. The van der Waals surface area contributed by atoms with Gasteiger partial charge >= 0.3 is 0 Å². The van der Waals surface area contributed by atoms with Crippen molar-refractivity contribution in [1.82, 2.24) is 30.0 Å². The molecule has 2 fully saturated rings. The zero-order valence-electron chi connectivity index (χ0n) is 15.0. The van der Waals surface area contributed by atoms with Crippen molar-refractivity contribution < 1.29 is 9.53 Å². The van der Waals surface area contributed by atoms with Crippen LogP contribution in [0.2, 0.25) is 0 Å². The summed E-state index contributed by atoms with van der Waals surface area (Å²) in [6, 6.07) is 9.14. The lowest BCUT2D eigenvalue weighted by Gasteiger charge is -2.46. The standard InChI is InChI=1S/C18H24N6O2/c1-22-11-12-26-18(13-22)7-9-23(10-8-18)17(25)16(24-14-19-20-21-24)15-5-3-2-4-6-15/h2-6,14,16H,7-13H2,1H3.